The molecule has 1 fully saturated rings. The lowest BCUT2D eigenvalue weighted by atomic mass is 9.72. The summed E-state index contributed by atoms with van der Waals surface area (Å²) in [6.07, 6.45) is 10.7. The largest absolute Gasteiger partial charge is 0.330 e. The molecule has 1 heterocycles. The van der Waals surface area contributed by atoms with Crippen LogP contribution in [-0.4, -0.2) is 6.54 Å². The molecule has 1 saturated carbocycles. The molecule has 108 valence electrons. The van der Waals surface area contributed by atoms with Crippen LogP contribution in [0.2, 0.25) is 0 Å². The number of thiophene rings is 1. The van der Waals surface area contributed by atoms with Crippen molar-refractivity contribution >= 4 is 21.4 Å². The number of hydrogen-bond acceptors (Lipinski definition) is 2. The zero-order valence-electron chi connectivity index (χ0n) is 12.2. The Bertz CT molecular complexity index is 549. The first-order chi connectivity index (χ1) is 9.83. The van der Waals surface area contributed by atoms with E-state index in [1.165, 1.54) is 67.0 Å². The van der Waals surface area contributed by atoms with Gasteiger partial charge in [-0.05, 0) is 53.6 Å². The Morgan fingerprint density at radius 2 is 1.70 bits per heavy atom. The van der Waals surface area contributed by atoms with Gasteiger partial charge in [0.05, 0.1) is 0 Å². The Kier molecular flexibility index (Phi) is 4.42. The van der Waals surface area contributed by atoms with Crippen molar-refractivity contribution in [3.05, 3.63) is 35.2 Å². The highest BCUT2D eigenvalue weighted by Crippen LogP contribution is 2.39. The quantitative estimate of drug-likeness (QED) is 0.831. The Hall–Kier alpha value is -0.860. The van der Waals surface area contributed by atoms with E-state index in [0.717, 1.165) is 6.54 Å². The molecule has 0 spiro atoms. The molecule has 0 atom stereocenters. The molecule has 0 radical (unpaired) electrons. The third-order valence-corrected chi connectivity index (χ3v) is 5.99. The summed E-state index contributed by atoms with van der Waals surface area (Å²) >= 11 is 1.88. The maximum Gasteiger partial charge on any atom is 0.0345 e. The predicted octanol–water partition coefficient (Wildman–Crippen LogP) is 5.13. The number of nitrogens with two attached hydrogens (primary N) is 1. The third kappa shape index (κ3) is 2.91. The minimum Gasteiger partial charge on any atom is -0.330 e. The van der Waals surface area contributed by atoms with E-state index in [9.17, 15) is 0 Å². The number of hydrogen-bond donors (Lipinski definition) is 1. The molecule has 1 aliphatic carbocycles. The fourth-order valence-electron chi connectivity index (χ4n) is 3.68. The van der Waals surface area contributed by atoms with E-state index in [1.807, 2.05) is 11.3 Å². The van der Waals surface area contributed by atoms with Crippen molar-refractivity contribution in [3.63, 3.8) is 0 Å². The summed E-state index contributed by atoms with van der Waals surface area (Å²) in [5, 5.41) is 3.81. The molecule has 0 saturated heterocycles. The first kappa shape index (κ1) is 14.1. The molecule has 2 aromatic rings. The molecule has 1 aliphatic rings. The average molecular weight is 287 g/mol. The van der Waals surface area contributed by atoms with Gasteiger partial charge in [0.25, 0.3) is 0 Å². The van der Waals surface area contributed by atoms with Crippen molar-refractivity contribution in [1.82, 2.24) is 0 Å². The summed E-state index contributed by atoms with van der Waals surface area (Å²) in [4.78, 5) is 0. The van der Waals surface area contributed by atoms with Crippen molar-refractivity contribution in [2.24, 2.45) is 11.1 Å². The van der Waals surface area contributed by atoms with Crippen molar-refractivity contribution in [2.75, 3.05) is 6.54 Å². The highest BCUT2D eigenvalue weighted by molar-refractivity contribution is 7.17. The van der Waals surface area contributed by atoms with Crippen molar-refractivity contribution < 1.29 is 0 Å². The van der Waals surface area contributed by atoms with E-state index >= 15 is 0 Å². The summed E-state index contributed by atoms with van der Waals surface area (Å²) in [6.45, 7) is 0.844. The Morgan fingerprint density at radius 1 is 1.00 bits per heavy atom. The standard InChI is InChI=1S/C18H25NS/c19-14-18(10-6-2-1-3-7-11-18)12-15-13-20-17-9-5-4-8-16(15)17/h4-5,8-9,13H,1-3,6-7,10-12,14,19H2. The summed E-state index contributed by atoms with van der Waals surface area (Å²) < 4.78 is 1.42. The molecular weight excluding hydrogens is 262 g/mol. The molecule has 20 heavy (non-hydrogen) atoms. The Morgan fingerprint density at radius 3 is 2.45 bits per heavy atom. The maximum atomic E-state index is 6.22. The van der Waals surface area contributed by atoms with Crippen LogP contribution >= 0.6 is 11.3 Å². The topological polar surface area (TPSA) is 26.0 Å². The molecular formula is C18H25NS. The van der Waals surface area contributed by atoms with Gasteiger partial charge in [-0.25, -0.2) is 0 Å². The van der Waals surface area contributed by atoms with E-state index < -0.39 is 0 Å². The Labute approximate surface area is 126 Å². The van der Waals surface area contributed by atoms with Gasteiger partial charge in [0.15, 0.2) is 0 Å². The number of fused-ring (bicyclic) bond motifs is 1. The van der Waals surface area contributed by atoms with E-state index in [0.29, 0.717) is 5.41 Å². The lowest BCUT2D eigenvalue weighted by molar-refractivity contribution is 0.217. The van der Waals surface area contributed by atoms with Crippen molar-refractivity contribution in [1.29, 1.82) is 0 Å². The van der Waals surface area contributed by atoms with Crippen molar-refractivity contribution in [2.45, 2.75) is 51.4 Å². The van der Waals surface area contributed by atoms with Crippen LogP contribution in [0, 0.1) is 5.41 Å². The van der Waals surface area contributed by atoms with Gasteiger partial charge in [-0.3, -0.25) is 0 Å². The van der Waals surface area contributed by atoms with Crippen LogP contribution in [0.1, 0.15) is 50.5 Å². The monoisotopic (exact) mass is 287 g/mol. The second-order valence-corrected chi connectivity index (χ2v) is 7.32. The normalized spacial score (nSPS) is 19.6. The van der Waals surface area contributed by atoms with Crippen LogP contribution in [0.15, 0.2) is 29.6 Å². The smallest absolute Gasteiger partial charge is 0.0345 e. The second-order valence-electron chi connectivity index (χ2n) is 6.41. The van der Waals surface area contributed by atoms with Gasteiger partial charge in [-0.1, -0.05) is 50.3 Å². The number of benzene rings is 1. The van der Waals surface area contributed by atoms with Crippen LogP contribution in [0.25, 0.3) is 10.1 Å². The fraction of sp³-hybridized carbons (Fsp3) is 0.556. The molecule has 0 amide bonds. The van der Waals surface area contributed by atoms with Crippen LogP contribution in [-0.2, 0) is 6.42 Å². The molecule has 0 unspecified atom stereocenters. The summed E-state index contributed by atoms with van der Waals surface area (Å²) in [5.74, 6) is 0. The van der Waals surface area contributed by atoms with Crippen LogP contribution in [0.4, 0.5) is 0 Å². The molecule has 2 N–H and O–H groups in total. The lowest BCUT2D eigenvalue weighted by Gasteiger charge is -2.34. The van der Waals surface area contributed by atoms with Crippen molar-refractivity contribution in [3.8, 4) is 0 Å². The molecule has 2 heteroatoms. The molecule has 0 aliphatic heterocycles. The number of rotatable bonds is 3. The van der Waals surface area contributed by atoms with Crippen LogP contribution < -0.4 is 5.73 Å². The average Bonchev–Trinajstić information content (AvgIpc) is 2.85. The van der Waals surface area contributed by atoms with E-state index in [2.05, 4.69) is 29.6 Å². The minimum absolute atomic E-state index is 0.351. The highest BCUT2D eigenvalue weighted by atomic mass is 32.1. The van der Waals surface area contributed by atoms with Gasteiger partial charge in [-0.2, -0.15) is 0 Å². The molecule has 3 rings (SSSR count). The highest BCUT2D eigenvalue weighted by Gasteiger charge is 2.29. The molecule has 1 aromatic carbocycles. The van der Waals surface area contributed by atoms with Gasteiger partial charge in [0, 0.05) is 4.70 Å². The zero-order valence-corrected chi connectivity index (χ0v) is 13.1. The zero-order chi connectivity index (χ0) is 13.8. The first-order valence-corrected chi connectivity index (χ1v) is 8.86. The molecule has 0 bridgehead atoms. The second kappa shape index (κ2) is 6.28. The maximum absolute atomic E-state index is 6.22. The van der Waals surface area contributed by atoms with Gasteiger partial charge in [0.2, 0.25) is 0 Å². The van der Waals surface area contributed by atoms with Gasteiger partial charge < -0.3 is 5.73 Å². The summed E-state index contributed by atoms with van der Waals surface area (Å²) in [6, 6.07) is 8.80. The van der Waals surface area contributed by atoms with Gasteiger partial charge >= 0.3 is 0 Å². The molecule has 1 aromatic heterocycles. The van der Waals surface area contributed by atoms with Crippen LogP contribution in [0.3, 0.4) is 0 Å². The summed E-state index contributed by atoms with van der Waals surface area (Å²) in [5.41, 5.74) is 8.10. The van der Waals surface area contributed by atoms with Gasteiger partial charge in [0.1, 0.15) is 0 Å². The molecule has 1 nitrogen and oxygen atoms in total. The van der Waals surface area contributed by atoms with Crippen LogP contribution in [0.5, 0.6) is 0 Å². The predicted molar refractivity (Wildman–Crippen MR) is 89.3 cm³/mol. The van der Waals surface area contributed by atoms with E-state index in [1.54, 1.807) is 0 Å². The Balaban J connectivity index is 1.85. The summed E-state index contributed by atoms with van der Waals surface area (Å²) in [7, 11) is 0. The SMILES string of the molecule is NCC1(Cc2csc3ccccc23)CCCCCCC1. The third-order valence-electron chi connectivity index (χ3n) is 4.97. The lowest BCUT2D eigenvalue weighted by Crippen LogP contribution is -2.33. The van der Waals surface area contributed by atoms with Gasteiger partial charge in [-0.15, -0.1) is 11.3 Å². The van der Waals surface area contributed by atoms with E-state index in [4.69, 9.17) is 5.73 Å². The minimum atomic E-state index is 0.351. The fourth-order valence-corrected chi connectivity index (χ4v) is 4.64. The van der Waals surface area contributed by atoms with E-state index in [-0.39, 0.29) is 0 Å². The first-order valence-electron chi connectivity index (χ1n) is 7.98.